The van der Waals surface area contributed by atoms with Crippen molar-refractivity contribution in [3.63, 3.8) is 0 Å². The Bertz CT molecular complexity index is 570. The Morgan fingerprint density at radius 3 is 2.84 bits per heavy atom. The highest BCUT2D eigenvalue weighted by Crippen LogP contribution is 2.36. The highest BCUT2D eigenvalue weighted by molar-refractivity contribution is 6.36. The predicted molar refractivity (Wildman–Crippen MR) is 76.6 cm³/mol. The van der Waals surface area contributed by atoms with Gasteiger partial charge in [0.25, 0.3) is 0 Å². The molecule has 0 saturated heterocycles. The second kappa shape index (κ2) is 6.28. The van der Waals surface area contributed by atoms with Gasteiger partial charge in [-0.05, 0) is 19.1 Å². The van der Waals surface area contributed by atoms with E-state index in [4.69, 9.17) is 38.2 Å². The molecule has 0 aliphatic carbocycles. The van der Waals surface area contributed by atoms with Crippen molar-refractivity contribution in [3.05, 3.63) is 33.9 Å². The molecule has 2 rings (SSSR count). The summed E-state index contributed by atoms with van der Waals surface area (Å²) < 4.78 is 10.4. The quantitative estimate of drug-likeness (QED) is 0.853. The average molecular weight is 301 g/mol. The molecule has 102 valence electrons. The Morgan fingerprint density at radius 1 is 1.37 bits per heavy atom. The lowest BCUT2D eigenvalue weighted by molar-refractivity contribution is 0.149. The highest BCUT2D eigenvalue weighted by Gasteiger charge is 2.18. The molecular weight excluding hydrogens is 287 g/mol. The number of hydrogen-bond acceptors (Lipinski definition) is 4. The molecule has 4 nitrogen and oxygen atoms in total. The van der Waals surface area contributed by atoms with Crippen LogP contribution in [0.3, 0.4) is 0 Å². The van der Waals surface area contributed by atoms with Crippen LogP contribution < -0.4 is 5.73 Å². The third-order valence-corrected chi connectivity index (χ3v) is 3.22. The summed E-state index contributed by atoms with van der Waals surface area (Å²) in [5, 5.41) is 5.04. The summed E-state index contributed by atoms with van der Waals surface area (Å²) in [6.45, 7) is 3.15. The number of nitrogen functional groups attached to an aromatic ring is 1. The van der Waals surface area contributed by atoms with Gasteiger partial charge < -0.3 is 15.0 Å². The minimum absolute atomic E-state index is 0.246. The van der Waals surface area contributed by atoms with E-state index in [9.17, 15) is 0 Å². The molecule has 0 radical (unpaired) electrons. The first-order chi connectivity index (χ1) is 9.13. The first kappa shape index (κ1) is 14.2. The predicted octanol–water partition coefficient (Wildman–Crippen LogP) is 3.81. The van der Waals surface area contributed by atoms with E-state index in [1.54, 1.807) is 18.2 Å². The molecule has 2 aromatic rings. The van der Waals surface area contributed by atoms with Crippen LogP contribution in [0.5, 0.6) is 0 Å². The molecule has 0 spiro atoms. The van der Waals surface area contributed by atoms with Gasteiger partial charge in [-0.1, -0.05) is 34.4 Å². The Hall–Kier alpha value is -1.23. The molecule has 0 unspecified atom stereocenters. The van der Waals surface area contributed by atoms with Crippen molar-refractivity contribution in [3.8, 4) is 11.1 Å². The Kier molecular flexibility index (Phi) is 4.69. The standard InChI is InChI=1S/C13H14Cl2N2O2/c1-2-18-6-5-11-12(13(16)19-17-11)9-4-3-8(14)7-10(9)15/h3-4,7H,2,5-6,16H2,1H3. The van der Waals surface area contributed by atoms with Crippen molar-refractivity contribution < 1.29 is 9.26 Å². The van der Waals surface area contributed by atoms with Gasteiger partial charge in [-0.15, -0.1) is 0 Å². The van der Waals surface area contributed by atoms with Crippen LogP contribution in [0.2, 0.25) is 10.0 Å². The van der Waals surface area contributed by atoms with Gasteiger partial charge in [0.05, 0.1) is 22.9 Å². The maximum Gasteiger partial charge on any atom is 0.230 e. The van der Waals surface area contributed by atoms with Crippen LogP contribution in [0.25, 0.3) is 11.1 Å². The minimum Gasteiger partial charge on any atom is -0.381 e. The Morgan fingerprint density at radius 2 is 2.16 bits per heavy atom. The van der Waals surface area contributed by atoms with Gasteiger partial charge in [0.15, 0.2) is 0 Å². The molecule has 0 atom stereocenters. The number of nitrogens with two attached hydrogens (primary N) is 1. The molecule has 19 heavy (non-hydrogen) atoms. The zero-order valence-corrected chi connectivity index (χ0v) is 12.0. The fraction of sp³-hybridized carbons (Fsp3) is 0.308. The van der Waals surface area contributed by atoms with E-state index >= 15 is 0 Å². The second-order valence-corrected chi connectivity index (χ2v) is 4.78. The highest BCUT2D eigenvalue weighted by atomic mass is 35.5. The van der Waals surface area contributed by atoms with Crippen LogP contribution >= 0.6 is 23.2 Å². The SMILES string of the molecule is CCOCCc1noc(N)c1-c1ccc(Cl)cc1Cl. The van der Waals surface area contributed by atoms with Gasteiger partial charge >= 0.3 is 0 Å². The Balaban J connectivity index is 2.35. The normalized spacial score (nSPS) is 10.9. The molecule has 0 amide bonds. The fourth-order valence-corrected chi connectivity index (χ4v) is 2.30. The van der Waals surface area contributed by atoms with Crippen LogP contribution in [0.4, 0.5) is 5.88 Å². The first-order valence-electron chi connectivity index (χ1n) is 5.90. The van der Waals surface area contributed by atoms with E-state index < -0.39 is 0 Å². The molecule has 1 aromatic heterocycles. The summed E-state index contributed by atoms with van der Waals surface area (Å²) >= 11 is 12.1. The number of ether oxygens (including phenoxy) is 1. The van der Waals surface area contributed by atoms with Crippen LogP contribution in [0.1, 0.15) is 12.6 Å². The lowest BCUT2D eigenvalue weighted by atomic mass is 10.0. The molecule has 1 heterocycles. The third-order valence-electron chi connectivity index (χ3n) is 2.68. The minimum atomic E-state index is 0.246. The Labute approximate surface area is 121 Å². The number of benzene rings is 1. The van der Waals surface area contributed by atoms with Crippen molar-refractivity contribution in [1.82, 2.24) is 5.16 Å². The largest absolute Gasteiger partial charge is 0.381 e. The van der Waals surface area contributed by atoms with E-state index in [2.05, 4.69) is 5.16 Å². The number of nitrogens with zero attached hydrogens (tertiary/aromatic N) is 1. The summed E-state index contributed by atoms with van der Waals surface area (Å²) in [5.41, 5.74) is 8.02. The number of anilines is 1. The van der Waals surface area contributed by atoms with Crippen molar-refractivity contribution in [1.29, 1.82) is 0 Å². The summed E-state index contributed by atoms with van der Waals surface area (Å²) in [6.07, 6.45) is 0.614. The van der Waals surface area contributed by atoms with E-state index in [0.717, 1.165) is 11.3 Å². The van der Waals surface area contributed by atoms with Gasteiger partial charge in [-0.25, -0.2) is 0 Å². The van der Waals surface area contributed by atoms with E-state index in [1.807, 2.05) is 6.92 Å². The lowest BCUT2D eigenvalue weighted by Crippen LogP contribution is -2.00. The van der Waals surface area contributed by atoms with Crippen molar-refractivity contribution in [2.24, 2.45) is 0 Å². The fourth-order valence-electron chi connectivity index (χ4n) is 1.80. The van der Waals surface area contributed by atoms with Crippen molar-refractivity contribution in [2.75, 3.05) is 18.9 Å². The first-order valence-corrected chi connectivity index (χ1v) is 6.66. The molecule has 0 bridgehead atoms. The van der Waals surface area contributed by atoms with Gasteiger partial charge in [0.2, 0.25) is 5.88 Å². The second-order valence-electron chi connectivity index (χ2n) is 3.94. The summed E-state index contributed by atoms with van der Waals surface area (Å²) in [7, 11) is 0. The van der Waals surface area contributed by atoms with Gasteiger partial charge in [0.1, 0.15) is 0 Å². The monoisotopic (exact) mass is 300 g/mol. The van der Waals surface area contributed by atoms with E-state index in [1.165, 1.54) is 0 Å². The van der Waals surface area contributed by atoms with Crippen LogP contribution in [0, 0.1) is 0 Å². The molecule has 0 aliphatic heterocycles. The lowest BCUT2D eigenvalue weighted by Gasteiger charge is -2.05. The van der Waals surface area contributed by atoms with Gasteiger partial charge in [-0.2, -0.15) is 0 Å². The summed E-state index contributed by atoms with van der Waals surface area (Å²) in [5.74, 6) is 0.246. The van der Waals surface area contributed by atoms with Crippen LogP contribution in [0.15, 0.2) is 22.7 Å². The van der Waals surface area contributed by atoms with Gasteiger partial charge in [0, 0.05) is 23.6 Å². The van der Waals surface area contributed by atoms with Gasteiger partial charge in [-0.3, -0.25) is 0 Å². The number of halogens is 2. The molecular formula is C13H14Cl2N2O2. The summed E-state index contributed by atoms with van der Waals surface area (Å²) in [4.78, 5) is 0. The number of aromatic nitrogens is 1. The average Bonchev–Trinajstić information content (AvgIpc) is 2.72. The van der Waals surface area contributed by atoms with Crippen LogP contribution in [-0.2, 0) is 11.2 Å². The number of rotatable bonds is 5. The topological polar surface area (TPSA) is 61.3 Å². The summed E-state index contributed by atoms with van der Waals surface area (Å²) in [6, 6.07) is 5.22. The molecule has 0 saturated carbocycles. The van der Waals surface area contributed by atoms with Crippen molar-refractivity contribution >= 4 is 29.1 Å². The number of hydrogen-bond donors (Lipinski definition) is 1. The van der Waals surface area contributed by atoms with Crippen molar-refractivity contribution in [2.45, 2.75) is 13.3 Å². The zero-order valence-electron chi connectivity index (χ0n) is 10.5. The third kappa shape index (κ3) is 3.21. The maximum atomic E-state index is 6.19. The molecule has 1 aromatic carbocycles. The maximum absolute atomic E-state index is 6.19. The molecule has 6 heteroatoms. The van der Waals surface area contributed by atoms with Crippen LogP contribution in [-0.4, -0.2) is 18.4 Å². The smallest absolute Gasteiger partial charge is 0.230 e. The molecule has 0 aliphatic rings. The van der Waals surface area contributed by atoms with E-state index in [-0.39, 0.29) is 5.88 Å². The molecule has 2 N–H and O–H groups in total. The molecule has 0 fully saturated rings. The zero-order chi connectivity index (χ0) is 13.8. The van der Waals surface area contributed by atoms with E-state index in [0.29, 0.717) is 35.2 Å².